The minimum atomic E-state index is 0.330. The topological polar surface area (TPSA) is 26.0 Å². The molecule has 1 aliphatic rings. The smallest absolute Gasteiger partial charge is 0.191 e. The summed E-state index contributed by atoms with van der Waals surface area (Å²) in [5.41, 5.74) is 0.963. The SMILES string of the molecule is Cc1nc2c(o1)C(C)C=CC=C2. The van der Waals surface area contributed by atoms with Gasteiger partial charge < -0.3 is 4.42 Å². The van der Waals surface area contributed by atoms with Crippen molar-refractivity contribution in [2.24, 2.45) is 0 Å². The fraction of sp³-hybridized carbons (Fsp3) is 0.300. The molecule has 1 unspecified atom stereocenters. The van der Waals surface area contributed by atoms with Gasteiger partial charge in [-0.2, -0.15) is 0 Å². The van der Waals surface area contributed by atoms with Crippen LogP contribution in [0.25, 0.3) is 6.08 Å². The summed E-state index contributed by atoms with van der Waals surface area (Å²) in [6.45, 7) is 3.98. The molecule has 1 atom stereocenters. The van der Waals surface area contributed by atoms with Gasteiger partial charge in [-0.05, 0) is 6.08 Å². The molecule has 0 saturated heterocycles. The van der Waals surface area contributed by atoms with E-state index in [-0.39, 0.29) is 0 Å². The van der Waals surface area contributed by atoms with Gasteiger partial charge in [-0.1, -0.05) is 25.2 Å². The Hall–Kier alpha value is -1.31. The Morgan fingerprint density at radius 2 is 2.25 bits per heavy atom. The molecule has 2 nitrogen and oxygen atoms in total. The molecule has 1 aliphatic carbocycles. The summed E-state index contributed by atoms with van der Waals surface area (Å²) in [4.78, 5) is 4.27. The average molecular weight is 161 g/mol. The van der Waals surface area contributed by atoms with E-state index in [0.717, 1.165) is 17.3 Å². The second kappa shape index (κ2) is 2.63. The minimum Gasteiger partial charge on any atom is -0.445 e. The van der Waals surface area contributed by atoms with Gasteiger partial charge in [0.1, 0.15) is 11.5 Å². The van der Waals surface area contributed by atoms with Gasteiger partial charge in [-0.15, -0.1) is 0 Å². The zero-order chi connectivity index (χ0) is 8.55. The van der Waals surface area contributed by atoms with Gasteiger partial charge in [-0.3, -0.25) is 0 Å². The molecule has 0 N–H and O–H groups in total. The molecule has 0 amide bonds. The van der Waals surface area contributed by atoms with E-state index in [1.807, 2.05) is 25.2 Å². The first-order chi connectivity index (χ1) is 5.77. The number of allylic oxidation sites excluding steroid dienone is 3. The number of aryl methyl sites for hydroxylation is 1. The van der Waals surface area contributed by atoms with E-state index in [2.05, 4.69) is 18.0 Å². The van der Waals surface area contributed by atoms with Gasteiger partial charge in [0.05, 0.1) is 0 Å². The monoisotopic (exact) mass is 161 g/mol. The number of fused-ring (bicyclic) bond motifs is 1. The van der Waals surface area contributed by atoms with Gasteiger partial charge in [0, 0.05) is 12.8 Å². The van der Waals surface area contributed by atoms with Crippen molar-refractivity contribution in [1.29, 1.82) is 0 Å². The lowest BCUT2D eigenvalue weighted by Gasteiger charge is -1.99. The zero-order valence-corrected chi connectivity index (χ0v) is 7.24. The van der Waals surface area contributed by atoms with E-state index in [0.29, 0.717) is 5.92 Å². The van der Waals surface area contributed by atoms with Crippen LogP contribution >= 0.6 is 0 Å². The second-order valence-corrected chi connectivity index (χ2v) is 3.02. The molecule has 0 aliphatic heterocycles. The van der Waals surface area contributed by atoms with Crippen LogP contribution in [0.4, 0.5) is 0 Å². The van der Waals surface area contributed by atoms with E-state index in [9.17, 15) is 0 Å². The highest BCUT2D eigenvalue weighted by Crippen LogP contribution is 2.25. The Bertz CT molecular complexity index is 347. The molecule has 0 radical (unpaired) electrons. The molecule has 1 heterocycles. The van der Waals surface area contributed by atoms with Crippen molar-refractivity contribution in [3.63, 3.8) is 0 Å². The molecule has 1 aromatic heterocycles. The number of aromatic nitrogens is 1. The number of nitrogens with zero attached hydrogens (tertiary/aromatic N) is 1. The molecular formula is C10H11NO. The van der Waals surface area contributed by atoms with E-state index in [1.165, 1.54) is 0 Å². The lowest BCUT2D eigenvalue weighted by atomic mass is 10.1. The van der Waals surface area contributed by atoms with E-state index in [4.69, 9.17) is 4.42 Å². The fourth-order valence-corrected chi connectivity index (χ4v) is 1.37. The molecule has 0 aromatic carbocycles. The number of oxazole rings is 1. The first-order valence-corrected chi connectivity index (χ1v) is 4.09. The molecule has 2 heteroatoms. The molecule has 0 fully saturated rings. The molecule has 0 spiro atoms. The Morgan fingerprint density at radius 3 is 3.08 bits per heavy atom. The number of hydrogen-bond acceptors (Lipinski definition) is 2. The van der Waals surface area contributed by atoms with Crippen molar-refractivity contribution >= 4 is 6.08 Å². The minimum absolute atomic E-state index is 0.330. The first-order valence-electron chi connectivity index (χ1n) is 4.09. The van der Waals surface area contributed by atoms with E-state index in [1.54, 1.807) is 0 Å². The third-order valence-electron chi connectivity index (χ3n) is 1.97. The Labute approximate surface area is 71.6 Å². The van der Waals surface area contributed by atoms with Gasteiger partial charge in [0.15, 0.2) is 5.89 Å². The number of rotatable bonds is 0. The largest absolute Gasteiger partial charge is 0.445 e. The summed E-state index contributed by atoms with van der Waals surface area (Å²) < 4.78 is 5.48. The van der Waals surface area contributed by atoms with Crippen molar-refractivity contribution in [2.75, 3.05) is 0 Å². The summed E-state index contributed by atoms with van der Waals surface area (Å²) in [5.74, 6) is 2.04. The Morgan fingerprint density at radius 1 is 1.42 bits per heavy atom. The van der Waals surface area contributed by atoms with Crippen LogP contribution in [0, 0.1) is 6.92 Å². The lowest BCUT2D eigenvalue weighted by Crippen LogP contribution is -1.87. The molecule has 2 rings (SSSR count). The quantitative estimate of drug-likeness (QED) is 0.584. The molecule has 0 saturated carbocycles. The highest BCUT2D eigenvalue weighted by molar-refractivity contribution is 5.52. The van der Waals surface area contributed by atoms with Gasteiger partial charge in [0.25, 0.3) is 0 Å². The first kappa shape index (κ1) is 7.35. The Kier molecular flexibility index (Phi) is 1.61. The molecule has 0 bridgehead atoms. The lowest BCUT2D eigenvalue weighted by molar-refractivity contribution is 0.466. The average Bonchev–Trinajstić information content (AvgIpc) is 2.33. The van der Waals surface area contributed by atoms with Crippen LogP contribution in [0.3, 0.4) is 0 Å². The van der Waals surface area contributed by atoms with Crippen molar-refractivity contribution in [1.82, 2.24) is 4.98 Å². The number of hydrogen-bond donors (Lipinski definition) is 0. The third-order valence-corrected chi connectivity index (χ3v) is 1.97. The summed E-state index contributed by atoms with van der Waals surface area (Å²) in [7, 11) is 0. The fourth-order valence-electron chi connectivity index (χ4n) is 1.37. The summed E-state index contributed by atoms with van der Waals surface area (Å²) in [6.07, 6.45) is 8.10. The van der Waals surface area contributed by atoms with Crippen LogP contribution in [0.2, 0.25) is 0 Å². The van der Waals surface area contributed by atoms with Gasteiger partial charge in [-0.25, -0.2) is 4.98 Å². The van der Waals surface area contributed by atoms with Crippen LogP contribution in [0.1, 0.15) is 30.2 Å². The maximum Gasteiger partial charge on any atom is 0.191 e. The van der Waals surface area contributed by atoms with Crippen LogP contribution < -0.4 is 0 Å². The Balaban J connectivity index is 2.55. The highest BCUT2D eigenvalue weighted by Gasteiger charge is 2.14. The van der Waals surface area contributed by atoms with E-state index >= 15 is 0 Å². The van der Waals surface area contributed by atoms with Crippen molar-refractivity contribution in [3.05, 3.63) is 35.6 Å². The predicted molar refractivity (Wildman–Crippen MR) is 47.8 cm³/mol. The summed E-state index contributed by atoms with van der Waals surface area (Å²) in [6, 6.07) is 0. The maximum absolute atomic E-state index is 5.48. The normalized spacial score (nSPS) is 20.7. The van der Waals surface area contributed by atoms with Crippen molar-refractivity contribution in [3.8, 4) is 0 Å². The molecule has 62 valence electrons. The molecule has 1 aromatic rings. The van der Waals surface area contributed by atoms with Crippen molar-refractivity contribution < 1.29 is 4.42 Å². The van der Waals surface area contributed by atoms with Crippen molar-refractivity contribution in [2.45, 2.75) is 19.8 Å². The van der Waals surface area contributed by atoms with E-state index < -0.39 is 0 Å². The van der Waals surface area contributed by atoms with Crippen LogP contribution in [-0.2, 0) is 0 Å². The van der Waals surface area contributed by atoms with Gasteiger partial charge >= 0.3 is 0 Å². The second-order valence-electron chi connectivity index (χ2n) is 3.02. The summed E-state index contributed by atoms with van der Waals surface area (Å²) in [5, 5.41) is 0. The molecule has 12 heavy (non-hydrogen) atoms. The zero-order valence-electron chi connectivity index (χ0n) is 7.24. The third kappa shape index (κ3) is 1.09. The van der Waals surface area contributed by atoms with Gasteiger partial charge in [0.2, 0.25) is 0 Å². The standard InChI is InChI=1S/C10H11NO/c1-7-5-3-4-6-9-10(7)12-8(2)11-9/h3-7H,1-2H3. The van der Waals surface area contributed by atoms with Crippen LogP contribution in [-0.4, -0.2) is 4.98 Å². The summed E-state index contributed by atoms with van der Waals surface area (Å²) >= 11 is 0. The highest BCUT2D eigenvalue weighted by atomic mass is 16.4. The van der Waals surface area contributed by atoms with Crippen LogP contribution in [0.5, 0.6) is 0 Å². The maximum atomic E-state index is 5.48. The molecular weight excluding hydrogens is 150 g/mol. The van der Waals surface area contributed by atoms with Crippen LogP contribution in [0.15, 0.2) is 22.6 Å². The predicted octanol–water partition coefficient (Wildman–Crippen LogP) is 2.67.